The van der Waals surface area contributed by atoms with E-state index in [0.717, 1.165) is 0 Å². The number of benzene rings is 8. The van der Waals surface area contributed by atoms with Crippen LogP contribution in [0, 0.1) is 0 Å². The van der Waals surface area contributed by atoms with Gasteiger partial charge in [0.2, 0.25) is 0 Å². The van der Waals surface area contributed by atoms with Gasteiger partial charge in [0.1, 0.15) is 11.2 Å². The van der Waals surface area contributed by atoms with Gasteiger partial charge >= 0.3 is 0 Å². The van der Waals surface area contributed by atoms with E-state index in [1.807, 2.05) is 0 Å². The van der Waals surface area contributed by atoms with E-state index in [4.69, 9.17) is 23.6 Å². The Morgan fingerprint density at radius 3 is 1.33 bits per heavy atom. The van der Waals surface area contributed by atoms with Crippen LogP contribution in [0.25, 0.3) is 88.0 Å². The second-order valence-electron chi connectivity index (χ2n) is 9.97. The van der Waals surface area contributed by atoms with Crippen molar-refractivity contribution in [1.82, 2.24) is 0 Å². The zero-order valence-electron chi connectivity index (χ0n) is 44.9. The zero-order valence-corrected chi connectivity index (χ0v) is 22.9. The molecule has 9 aromatic rings. The lowest BCUT2D eigenvalue weighted by Gasteiger charge is -2.18. The Morgan fingerprint density at radius 2 is 0.756 bits per heavy atom. The Hall–Kier alpha value is -5.92. The molecule has 1 heteroatoms. The van der Waals surface area contributed by atoms with Crippen LogP contribution in [-0.4, -0.2) is 0 Å². The molecular formula is C44H28O. The highest BCUT2D eigenvalue weighted by molar-refractivity contribution is 6.24. The summed E-state index contributed by atoms with van der Waals surface area (Å²) in [5.41, 5.74) is -2.84. The van der Waals surface area contributed by atoms with E-state index in [-0.39, 0.29) is 44.2 Å². The van der Waals surface area contributed by atoms with Crippen LogP contribution in [0.4, 0.5) is 0 Å². The van der Waals surface area contributed by atoms with Gasteiger partial charge in [0.25, 0.3) is 0 Å². The highest BCUT2D eigenvalue weighted by Gasteiger charge is 2.21. The Bertz CT molecular complexity index is 3610. The summed E-state index contributed by atoms with van der Waals surface area (Å²) >= 11 is 0. The van der Waals surface area contributed by atoms with Gasteiger partial charge in [0, 0.05) is 27.5 Å². The first-order valence-corrected chi connectivity index (χ1v) is 13.6. The van der Waals surface area contributed by atoms with Gasteiger partial charge in [-0.15, -0.1) is 0 Å². The summed E-state index contributed by atoms with van der Waals surface area (Å²) in [5.74, 6) is 0. The molecule has 0 atom stereocenters. The largest absolute Gasteiger partial charge is 0.455 e. The van der Waals surface area contributed by atoms with E-state index in [1.165, 1.54) is 12.1 Å². The maximum Gasteiger partial charge on any atom is 0.143 e. The third-order valence-corrected chi connectivity index (χ3v) is 7.56. The summed E-state index contributed by atoms with van der Waals surface area (Å²) < 4.78 is 200. The average molecular weight is 595 g/mol. The van der Waals surface area contributed by atoms with Gasteiger partial charge in [-0.3, -0.25) is 0 Å². The van der Waals surface area contributed by atoms with Crippen molar-refractivity contribution in [3.8, 4) is 44.5 Å². The zero-order chi connectivity index (χ0) is 48.9. The molecule has 1 heterocycles. The molecule has 0 radical (unpaired) electrons. The van der Waals surface area contributed by atoms with Crippen molar-refractivity contribution in [2.24, 2.45) is 0 Å². The first-order chi connectivity index (χ1) is 31.5. The van der Waals surface area contributed by atoms with Crippen LogP contribution >= 0.6 is 0 Å². The van der Waals surface area contributed by atoms with Crippen LogP contribution in [0.3, 0.4) is 0 Å². The van der Waals surface area contributed by atoms with Gasteiger partial charge in [-0.05, 0) is 49.4 Å². The lowest BCUT2D eigenvalue weighted by Crippen LogP contribution is -1.91. The van der Waals surface area contributed by atoms with E-state index in [2.05, 4.69) is 0 Å². The van der Waals surface area contributed by atoms with Crippen molar-refractivity contribution in [1.29, 1.82) is 0 Å². The first kappa shape index (κ1) is 11.9. The molecule has 0 aliphatic heterocycles. The number of fused-ring (bicyclic) bond motifs is 5. The van der Waals surface area contributed by atoms with Crippen LogP contribution in [0.15, 0.2) is 174 Å². The second kappa shape index (κ2) is 10.4. The number of rotatable bonds is 4. The molecule has 0 N–H and O–H groups in total. The minimum absolute atomic E-state index is 0.00779. The molecule has 0 bridgehead atoms. The van der Waals surface area contributed by atoms with E-state index in [1.54, 1.807) is 24.3 Å². The molecule has 210 valence electrons. The van der Waals surface area contributed by atoms with Crippen LogP contribution in [0.5, 0.6) is 0 Å². The number of hydrogen-bond acceptors (Lipinski definition) is 1. The highest BCUT2D eigenvalue weighted by Crippen LogP contribution is 2.47. The molecule has 0 spiro atoms. The van der Waals surface area contributed by atoms with Crippen LogP contribution in [-0.2, 0) is 0 Å². The van der Waals surface area contributed by atoms with Gasteiger partial charge in [-0.2, -0.15) is 0 Å². The summed E-state index contributed by atoms with van der Waals surface area (Å²) in [7, 11) is 0. The fourth-order valence-electron chi connectivity index (χ4n) is 5.68. The summed E-state index contributed by atoms with van der Waals surface area (Å²) in [6.07, 6.45) is 0. The van der Waals surface area contributed by atoms with Gasteiger partial charge in [-0.25, -0.2) is 0 Å². The fraction of sp³-hybridized carbons (Fsp3) is 0. The predicted octanol–water partition coefficient (Wildman–Crippen LogP) is 12.6. The first-order valence-electron chi connectivity index (χ1n) is 24.6. The van der Waals surface area contributed by atoms with E-state index in [0.29, 0.717) is 10.8 Å². The minimum Gasteiger partial charge on any atom is -0.455 e. The van der Waals surface area contributed by atoms with Crippen molar-refractivity contribution in [2.45, 2.75) is 0 Å². The summed E-state index contributed by atoms with van der Waals surface area (Å²) in [5, 5.41) is -1.02. The molecule has 0 fully saturated rings. The van der Waals surface area contributed by atoms with Crippen molar-refractivity contribution >= 4 is 43.5 Å². The molecule has 0 amide bonds. The Balaban J connectivity index is 1.50. The SMILES string of the molecule is [2H]c1c([2H])c([2H])c(-c2c([2H])c([2H])c(-c3c4c([2H])c([2H])c([2H])c([2H])c4c(-c4cccc5c4oc4c(-c6c([2H])c([2H])c([2H])c([2H])c6[2H])cccc45)c4c([2H])c([2H])c([2H])c([2H])c34)c([2H])c2[2H])c([2H])c1[2H]. The summed E-state index contributed by atoms with van der Waals surface area (Å²) in [6, 6.07) is -7.62. The van der Waals surface area contributed by atoms with Gasteiger partial charge in [0.15, 0.2) is 0 Å². The van der Waals surface area contributed by atoms with E-state index in [9.17, 15) is 11.0 Å². The lowest BCUT2D eigenvalue weighted by molar-refractivity contribution is 0.671. The Labute approximate surface area is 292 Å². The fourth-order valence-corrected chi connectivity index (χ4v) is 5.68. The Kier molecular flexibility index (Phi) is 2.73. The normalized spacial score (nSPS) is 18.4. The Morgan fingerprint density at radius 1 is 0.333 bits per heavy atom. The highest BCUT2D eigenvalue weighted by atomic mass is 16.3. The number of para-hydroxylation sites is 2. The van der Waals surface area contributed by atoms with Crippen LogP contribution < -0.4 is 0 Å². The van der Waals surface area contributed by atoms with Crippen LogP contribution in [0.1, 0.15) is 30.2 Å². The maximum atomic E-state index is 9.41. The molecule has 0 aliphatic rings. The van der Waals surface area contributed by atoms with E-state index >= 15 is 0 Å². The van der Waals surface area contributed by atoms with E-state index < -0.39 is 166 Å². The molecule has 0 unspecified atom stereocenters. The number of furan rings is 1. The summed E-state index contributed by atoms with van der Waals surface area (Å²) in [4.78, 5) is 0. The monoisotopic (exact) mass is 594 g/mol. The number of hydrogen-bond donors (Lipinski definition) is 0. The molecule has 0 aliphatic carbocycles. The third kappa shape index (κ3) is 4.09. The molecule has 1 nitrogen and oxygen atoms in total. The topological polar surface area (TPSA) is 13.1 Å². The maximum absolute atomic E-state index is 9.41. The van der Waals surface area contributed by atoms with Crippen molar-refractivity contribution in [3.05, 3.63) is 169 Å². The molecule has 8 aromatic carbocycles. The molecular weight excluding hydrogens is 544 g/mol. The van der Waals surface area contributed by atoms with Crippen LogP contribution in [0.2, 0.25) is 0 Å². The molecule has 9 rings (SSSR count). The predicted molar refractivity (Wildman–Crippen MR) is 190 cm³/mol. The molecule has 0 saturated carbocycles. The summed E-state index contributed by atoms with van der Waals surface area (Å²) in [6.45, 7) is 0. The molecule has 0 saturated heterocycles. The van der Waals surface area contributed by atoms with Crippen molar-refractivity contribution < 1.29 is 34.6 Å². The average Bonchev–Trinajstić information content (AvgIpc) is 3.71. The van der Waals surface area contributed by atoms with Gasteiger partial charge < -0.3 is 4.42 Å². The standard InChI is InChI=1S/C44H28O/c1-3-13-29(14-4-1)30-25-27-32(28-26-30)41-34-17-7-9-19-36(34)42(37-20-10-8-18-35(37)41)40-24-12-23-39-38-22-11-21-33(43(38)45-44(39)40)31-15-5-2-6-16-31/h1-28H/i1D,2D,3D,4D,5D,6D,7D,8D,9D,10D,13D,14D,15D,16D,17D,18D,19D,20D,25D,26D,27D,28D. The second-order valence-corrected chi connectivity index (χ2v) is 9.97. The minimum atomic E-state index is -0.933. The van der Waals surface area contributed by atoms with Gasteiger partial charge in [0.05, 0.1) is 30.2 Å². The van der Waals surface area contributed by atoms with Crippen molar-refractivity contribution in [3.63, 3.8) is 0 Å². The smallest absolute Gasteiger partial charge is 0.143 e. The quantitative estimate of drug-likeness (QED) is 0.185. The van der Waals surface area contributed by atoms with Crippen molar-refractivity contribution in [2.75, 3.05) is 0 Å². The van der Waals surface area contributed by atoms with Gasteiger partial charge in [-0.1, -0.05) is 169 Å². The lowest BCUT2D eigenvalue weighted by atomic mass is 9.85. The molecule has 45 heavy (non-hydrogen) atoms. The third-order valence-electron chi connectivity index (χ3n) is 7.56. The molecule has 1 aromatic heterocycles.